The van der Waals surface area contributed by atoms with Crippen molar-refractivity contribution in [2.24, 2.45) is 0 Å². The van der Waals surface area contributed by atoms with E-state index in [1.807, 2.05) is 6.92 Å². The SMILES string of the molecule is CCOc1ccc(S(=O)(=O)N2CCN(C3CCCCC3)CC2)cc1. The summed E-state index contributed by atoms with van der Waals surface area (Å²) in [4.78, 5) is 2.85. The van der Waals surface area contributed by atoms with Crippen molar-refractivity contribution in [3.63, 3.8) is 0 Å². The van der Waals surface area contributed by atoms with E-state index in [0.717, 1.165) is 13.1 Å². The second-order valence-corrected chi connectivity index (χ2v) is 8.57. The minimum absolute atomic E-state index is 0.358. The van der Waals surface area contributed by atoms with Gasteiger partial charge in [0.2, 0.25) is 10.0 Å². The summed E-state index contributed by atoms with van der Waals surface area (Å²) in [5.74, 6) is 0.707. The molecule has 0 aromatic heterocycles. The summed E-state index contributed by atoms with van der Waals surface area (Å²) in [5.41, 5.74) is 0. The van der Waals surface area contributed by atoms with Crippen LogP contribution in [0.25, 0.3) is 0 Å². The lowest BCUT2D eigenvalue weighted by Crippen LogP contribution is -2.52. The first-order valence-electron chi connectivity index (χ1n) is 9.08. The smallest absolute Gasteiger partial charge is 0.243 e. The van der Waals surface area contributed by atoms with E-state index in [0.29, 0.717) is 36.4 Å². The van der Waals surface area contributed by atoms with Gasteiger partial charge in [0.05, 0.1) is 11.5 Å². The summed E-state index contributed by atoms with van der Waals surface area (Å²) in [6.07, 6.45) is 6.52. The van der Waals surface area contributed by atoms with Crippen molar-refractivity contribution < 1.29 is 13.2 Å². The number of hydrogen-bond donors (Lipinski definition) is 0. The van der Waals surface area contributed by atoms with Crippen LogP contribution in [0.1, 0.15) is 39.0 Å². The maximum Gasteiger partial charge on any atom is 0.243 e. The summed E-state index contributed by atoms with van der Waals surface area (Å²) in [5, 5.41) is 0. The van der Waals surface area contributed by atoms with Crippen LogP contribution in [-0.4, -0.2) is 56.5 Å². The predicted octanol–water partition coefficient (Wildman–Crippen LogP) is 2.72. The molecule has 1 saturated heterocycles. The molecule has 2 aliphatic rings. The fourth-order valence-corrected chi connectivity index (χ4v) is 5.20. The maximum atomic E-state index is 12.8. The highest BCUT2D eigenvalue weighted by Gasteiger charge is 2.31. The number of hydrogen-bond acceptors (Lipinski definition) is 4. The zero-order valence-corrected chi connectivity index (χ0v) is 15.3. The van der Waals surface area contributed by atoms with Crippen molar-refractivity contribution in [3.8, 4) is 5.75 Å². The van der Waals surface area contributed by atoms with Gasteiger partial charge in [-0.15, -0.1) is 0 Å². The van der Waals surface area contributed by atoms with E-state index < -0.39 is 10.0 Å². The Kier molecular flexibility index (Phi) is 5.79. The molecule has 6 heteroatoms. The molecule has 2 fully saturated rings. The molecule has 0 atom stereocenters. The average molecular weight is 353 g/mol. The van der Waals surface area contributed by atoms with Crippen LogP contribution in [0, 0.1) is 0 Å². The molecule has 24 heavy (non-hydrogen) atoms. The molecule has 0 N–H and O–H groups in total. The van der Waals surface area contributed by atoms with Gasteiger partial charge in [0.1, 0.15) is 5.75 Å². The lowest BCUT2D eigenvalue weighted by molar-refractivity contribution is 0.111. The van der Waals surface area contributed by atoms with Crippen molar-refractivity contribution in [1.29, 1.82) is 0 Å². The molecule has 1 saturated carbocycles. The fraction of sp³-hybridized carbons (Fsp3) is 0.667. The minimum atomic E-state index is -3.40. The van der Waals surface area contributed by atoms with Gasteiger partial charge in [-0.25, -0.2) is 8.42 Å². The van der Waals surface area contributed by atoms with Crippen molar-refractivity contribution in [1.82, 2.24) is 9.21 Å². The number of rotatable bonds is 5. The quantitative estimate of drug-likeness (QED) is 0.818. The van der Waals surface area contributed by atoms with E-state index in [1.165, 1.54) is 32.1 Å². The zero-order valence-electron chi connectivity index (χ0n) is 14.5. The summed E-state index contributed by atoms with van der Waals surface area (Å²) >= 11 is 0. The van der Waals surface area contributed by atoms with E-state index >= 15 is 0 Å². The summed E-state index contributed by atoms with van der Waals surface area (Å²) in [7, 11) is -3.40. The highest BCUT2D eigenvalue weighted by molar-refractivity contribution is 7.89. The van der Waals surface area contributed by atoms with Gasteiger partial charge < -0.3 is 4.74 Å². The van der Waals surface area contributed by atoms with Crippen LogP contribution in [0.5, 0.6) is 5.75 Å². The highest BCUT2D eigenvalue weighted by atomic mass is 32.2. The molecule has 0 unspecified atom stereocenters. The Labute approximate surface area is 145 Å². The molecule has 0 bridgehead atoms. The van der Waals surface area contributed by atoms with Crippen molar-refractivity contribution in [3.05, 3.63) is 24.3 Å². The van der Waals surface area contributed by atoms with Crippen LogP contribution in [0.3, 0.4) is 0 Å². The number of ether oxygens (including phenoxy) is 1. The second-order valence-electron chi connectivity index (χ2n) is 6.64. The van der Waals surface area contributed by atoms with Crippen LogP contribution in [0.4, 0.5) is 0 Å². The normalized spacial score (nSPS) is 21.7. The number of sulfonamides is 1. The Morgan fingerprint density at radius 1 is 1.00 bits per heavy atom. The van der Waals surface area contributed by atoms with Gasteiger partial charge >= 0.3 is 0 Å². The minimum Gasteiger partial charge on any atom is -0.494 e. The van der Waals surface area contributed by atoms with E-state index in [2.05, 4.69) is 4.90 Å². The molecule has 5 nitrogen and oxygen atoms in total. The molecule has 0 amide bonds. The third kappa shape index (κ3) is 3.92. The second kappa shape index (κ2) is 7.85. The monoisotopic (exact) mass is 352 g/mol. The van der Waals surface area contributed by atoms with E-state index in [4.69, 9.17) is 4.74 Å². The van der Waals surface area contributed by atoms with Gasteiger partial charge in [0, 0.05) is 32.2 Å². The Balaban J connectivity index is 1.61. The lowest BCUT2D eigenvalue weighted by Gasteiger charge is -2.40. The van der Waals surface area contributed by atoms with Gasteiger partial charge in [0.25, 0.3) is 0 Å². The standard InChI is InChI=1S/C18H28N2O3S/c1-2-23-17-8-10-18(11-9-17)24(21,22)20-14-12-19(13-15-20)16-6-4-3-5-7-16/h8-11,16H,2-7,12-15H2,1H3. The van der Waals surface area contributed by atoms with Gasteiger partial charge in [0.15, 0.2) is 0 Å². The molecule has 1 aromatic carbocycles. The van der Waals surface area contributed by atoms with Gasteiger partial charge in [-0.05, 0) is 44.0 Å². The summed E-state index contributed by atoms with van der Waals surface area (Å²) in [6, 6.07) is 7.42. The van der Waals surface area contributed by atoms with E-state index in [-0.39, 0.29) is 0 Å². The summed E-state index contributed by atoms with van der Waals surface area (Å²) in [6.45, 7) is 5.37. The third-order valence-electron chi connectivity index (χ3n) is 5.14. The Hall–Kier alpha value is -1.11. The van der Waals surface area contributed by atoms with Crippen molar-refractivity contribution >= 4 is 10.0 Å². The molecular weight excluding hydrogens is 324 g/mol. The zero-order chi connectivity index (χ0) is 17.0. The third-order valence-corrected chi connectivity index (χ3v) is 7.05. The predicted molar refractivity (Wildman–Crippen MR) is 94.8 cm³/mol. The molecule has 0 radical (unpaired) electrons. The van der Waals surface area contributed by atoms with Crippen LogP contribution in [0.15, 0.2) is 29.2 Å². The average Bonchev–Trinajstić information content (AvgIpc) is 2.63. The number of nitrogens with zero attached hydrogens (tertiary/aromatic N) is 2. The fourth-order valence-electron chi connectivity index (χ4n) is 3.78. The van der Waals surface area contributed by atoms with Crippen molar-refractivity contribution in [2.45, 2.75) is 50.0 Å². The lowest BCUT2D eigenvalue weighted by atomic mass is 9.94. The largest absolute Gasteiger partial charge is 0.494 e. The molecule has 1 aliphatic heterocycles. The number of piperazine rings is 1. The van der Waals surface area contributed by atoms with Crippen LogP contribution >= 0.6 is 0 Å². The van der Waals surface area contributed by atoms with Crippen LogP contribution in [-0.2, 0) is 10.0 Å². The summed E-state index contributed by atoms with van der Waals surface area (Å²) < 4.78 is 32.6. The van der Waals surface area contributed by atoms with Gasteiger partial charge in [-0.3, -0.25) is 4.90 Å². The molecular formula is C18H28N2O3S. The topological polar surface area (TPSA) is 49.9 Å². The van der Waals surface area contributed by atoms with E-state index in [1.54, 1.807) is 28.6 Å². The van der Waals surface area contributed by atoms with Crippen molar-refractivity contribution in [2.75, 3.05) is 32.8 Å². The van der Waals surface area contributed by atoms with Crippen LogP contribution < -0.4 is 4.74 Å². The molecule has 1 aliphatic carbocycles. The first kappa shape index (κ1) is 17.7. The first-order valence-corrected chi connectivity index (χ1v) is 10.5. The number of benzene rings is 1. The van der Waals surface area contributed by atoms with Crippen LogP contribution in [0.2, 0.25) is 0 Å². The highest BCUT2D eigenvalue weighted by Crippen LogP contribution is 2.25. The molecule has 0 spiro atoms. The Morgan fingerprint density at radius 2 is 1.62 bits per heavy atom. The molecule has 1 aromatic rings. The van der Waals surface area contributed by atoms with Gasteiger partial charge in [-0.2, -0.15) is 4.31 Å². The molecule has 134 valence electrons. The first-order chi connectivity index (χ1) is 11.6. The Bertz CT molecular complexity index is 616. The Morgan fingerprint density at radius 3 is 2.21 bits per heavy atom. The maximum absolute atomic E-state index is 12.8. The molecule has 3 rings (SSSR count). The van der Waals surface area contributed by atoms with Gasteiger partial charge in [-0.1, -0.05) is 19.3 Å². The van der Waals surface area contributed by atoms with E-state index in [9.17, 15) is 8.42 Å². The molecule has 1 heterocycles.